The topological polar surface area (TPSA) is 176 Å². The average molecular weight is 1140 g/mol. The molecule has 8 aromatic rings. The summed E-state index contributed by atoms with van der Waals surface area (Å²) >= 11 is 0. The molecule has 8 aromatic carbocycles. The molecule has 1 aliphatic rings. The molecule has 0 saturated heterocycles. The third kappa shape index (κ3) is 13.7. The van der Waals surface area contributed by atoms with Crippen LogP contribution in [-0.4, -0.2) is 51.9 Å². The number of nitrogens with one attached hydrogen (secondary N) is 2. The second-order valence-electron chi connectivity index (χ2n) is 22.9. The molecular formula is C68H72N4O8S2. The minimum Gasteiger partial charge on any atom is -0.507 e. The standard InChI is InChI=1S/C68H72N4O8S2/c1-9-31-79-63-51-33-47-41-57(69-65(45-23-15-11-16-24-45)71-81(75,76)59-27-19-13-20-28-59)43-49(61(47)73)35-53-39-56(68(6,7)8)40-54(64(53)80-32-10-2)36-50-44-58(42-48(62(50)74)34-52(63)38-55(37-51)67(3,4)5)70-66(46-25-17-12-18-26-46)72-82(77,78)60-29-21-14-22-30-60/h11-30,37-44,73-74H,9-10,31-36H2,1-8H3,(H,69,71)(H,70,72). The summed E-state index contributed by atoms with van der Waals surface area (Å²) in [6.45, 7) is 17.6. The highest BCUT2D eigenvalue weighted by Gasteiger charge is 2.28. The molecule has 0 aromatic heterocycles. The minimum atomic E-state index is -4.20. The summed E-state index contributed by atoms with van der Waals surface area (Å²) in [4.78, 5) is 0.0848. The molecule has 4 N–H and O–H groups in total. The zero-order chi connectivity index (χ0) is 58.4. The van der Waals surface area contributed by atoms with Gasteiger partial charge in [0.2, 0.25) is 0 Å². The predicted molar refractivity (Wildman–Crippen MR) is 330 cm³/mol. The number of anilines is 2. The van der Waals surface area contributed by atoms with E-state index in [4.69, 9.17) is 9.47 Å². The van der Waals surface area contributed by atoms with Gasteiger partial charge in [-0.1, -0.05) is 177 Å². The average Bonchev–Trinajstić information content (AvgIpc) is 3.26. The lowest BCUT2D eigenvalue weighted by molar-refractivity contribution is 0.311. The Balaban J connectivity index is 1.31. The van der Waals surface area contributed by atoms with Crippen LogP contribution in [0, 0.1) is 0 Å². The number of phenolic OH excluding ortho intramolecular Hbond substituents is 2. The van der Waals surface area contributed by atoms with Crippen molar-refractivity contribution in [1.82, 2.24) is 0 Å². The van der Waals surface area contributed by atoms with E-state index in [1.165, 1.54) is 24.3 Å². The van der Waals surface area contributed by atoms with Crippen molar-refractivity contribution in [2.24, 2.45) is 8.80 Å². The van der Waals surface area contributed by atoms with Gasteiger partial charge in [-0.15, -0.1) is 8.80 Å². The molecule has 1 aliphatic carbocycles. The SMILES string of the molecule is CCCOc1c2cc(C(C)(C)C)cc1Cc1cc(N/C(=N/S(=O)(=O)c3ccccc3)c3ccccc3)cc(c1O)Cc1cc(C(C)(C)C)cc(c1OCCC)Cc1cc(N/C(=N\S(=O)(=O)c3ccccc3)c3ccccc3)cc(c1O)C2. The van der Waals surface area contributed by atoms with Gasteiger partial charge in [0.05, 0.1) is 23.0 Å². The van der Waals surface area contributed by atoms with E-state index < -0.39 is 20.0 Å². The fourth-order valence-electron chi connectivity index (χ4n) is 9.99. The van der Waals surface area contributed by atoms with Gasteiger partial charge < -0.3 is 30.3 Å². The monoisotopic (exact) mass is 1140 g/mol. The van der Waals surface area contributed by atoms with Crippen LogP contribution in [0.1, 0.15) is 135 Å². The van der Waals surface area contributed by atoms with E-state index in [1.807, 2.05) is 74.5 Å². The number of fused-ring (bicyclic) bond motifs is 8. The second kappa shape index (κ2) is 24.5. The number of phenols is 2. The van der Waals surface area contributed by atoms with Gasteiger partial charge in [-0.3, -0.25) is 0 Å². The number of sulfonamides is 2. The van der Waals surface area contributed by atoms with E-state index in [0.29, 0.717) is 82.3 Å². The lowest BCUT2D eigenvalue weighted by Gasteiger charge is -2.27. The van der Waals surface area contributed by atoms with Crippen LogP contribution >= 0.6 is 0 Å². The van der Waals surface area contributed by atoms with Crippen LogP contribution in [0.4, 0.5) is 11.4 Å². The summed E-state index contributed by atoms with van der Waals surface area (Å²) in [7, 11) is -8.41. The maximum atomic E-state index is 14.1. The van der Waals surface area contributed by atoms with Crippen LogP contribution in [0.5, 0.6) is 23.0 Å². The molecule has 0 heterocycles. The number of amidine groups is 2. The van der Waals surface area contributed by atoms with Crippen molar-refractivity contribution in [3.05, 3.63) is 237 Å². The summed E-state index contributed by atoms with van der Waals surface area (Å²) in [5, 5.41) is 32.6. The summed E-state index contributed by atoms with van der Waals surface area (Å²) < 4.78 is 78.7. The lowest BCUT2D eigenvalue weighted by Crippen LogP contribution is -2.18. The Labute approximate surface area is 483 Å². The normalized spacial score (nSPS) is 13.3. The van der Waals surface area contributed by atoms with E-state index in [-0.39, 0.29) is 69.5 Å². The number of hydrogen-bond acceptors (Lipinski definition) is 8. The zero-order valence-electron chi connectivity index (χ0n) is 47.9. The van der Waals surface area contributed by atoms with Crippen molar-refractivity contribution in [1.29, 1.82) is 0 Å². The van der Waals surface area contributed by atoms with Gasteiger partial charge in [-0.2, -0.15) is 16.8 Å². The first-order valence-electron chi connectivity index (χ1n) is 27.8. The number of nitrogens with zero attached hydrogens (tertiary/aromatic N) is 2. The molecule has 0 amide bonds. The van der Waals surface area contributed by atoms with Crippen LogP contribution in [0.2, 0.25) is 0 Å². The lowest BCUT2D eigenvalue weighted by atomic mass is 9.81. The predicted octanol–water partition coefficient (Wildman–Crippen LogP) is 14.4. The van der Waals surface area contributed by atoms with Gasteiger partial charge >= 0.3 is 0 Å². The summed E-state index contributed by atoms with van der Waals surface area (Å²) in [5.41, 5.74) is 8.60. The van der Waals surface area contributed by atoms with Gasteiger partial charge in [-0.05, 0) is 106 Å². The molecule has 424 valence electrons. The fourth-order valence-corrected chi connectivity index (χ4v) is 12.0. The van der Waals surface area contributed by atoms with Crippen LogP contribution < -0.4 is 20.1 Å². The molecule has 14 heteroatoms. The van der Waals surface area contributed by atoms with E-state index in [9.17, 15) is 27.0 Å². The van der Waals surface area contributed by atoms with Crippen molar-refractivity contribution < 1.29 is 36.5 Å². The van der Waals surface area contributed by atoms with Gasteiger partial charge in [-0.25, -0.2) is 0 Å². The Morgan fingerprint density at radius 2 is 0.720 bits per heavy atom. The first-order valence-corrected chi connectivity index (χ1v) is 30.7. The fraction of sp³-hybridized carbons (Fsp3) is 0.265. The molecule has 9 rings (SSSR count). The molecule has 0 aliphatic heterocycles. The summed E-state index contributed by atoms with van der Waals surface area (Å²) in [6.07, 6.45) is 2.12. The van der Waals surface area contributed by atoms with Gasteiger partial charge in [0.25, 0.3) is 20.0 Å². The third-order valence-electron chi connectivity index (χ3n) is 14.3. The van der Waals surface area contributed by atoms with E-state index >= 15 is 0 Å². The number of benzene rings is 8. The molecule has 8 bridgehead atoms. The van der Waals surface area contributed by atoms with Crippen molar-refractivity contribution >= 4 is 43.1 Å². The number of rotatable bonds is 14. The largest absolute Gasteiger partial charge is 0.507 e. The van der Waals surface area contributed by atoms with Crippen LogP contribution in [0.25, 0.3) is 0 Å². The Morgan fingerprint density at radius 3 is 0.988 bits per heavy atom. The van der Waals surface area contributed by atoms with Crippen molar-refractivity contribution in [3.63, 3.8) is 0 Å². The van der Waals surface area contributed by atoms with E-state index in [2.05, 4.69) is 85.2 Å². The Morgan fingerprint density at radius 1 is 0.439 bits per heavy atom. The molecule has 0 atom stereocenters. The third-order valence-corrected chi connectivity index (χ3v) is 16.9. The highest BCUT2D eigenvalue weighted by Crippen LogP contribution is 2.43. The van der Waals surface area contributed by atoms with Crippen LogP contribution in [-0.2, 0) is 56.6 Å². The maximum absolute atomic E-state index is 14.1. The molecule has 12 nitrogen and oxygen atoms in total. The first kappa shape index (κ1) is 58.5. The second-order valence-corrected chi connectivity index (χ2v) is 26.1. The Kier molecular flexibility index (Phi) is 17.5. The maximum Gasteiger partial charge on any atom is 0.284 e. The van der Waals surface area contributed by atoms with E-state index in [0.717, 1.165) is 33.4 Å². The van der Waals surface area contributed by atoms with Crippen molar-refractivity contribution in [2.45, 2.75) is 115 Å². The molecule has 0 saturated carbocycles. The van der Waals surface area contributed by atoms with Crippen LogP contribution in [0.15, 0.2) is 188 Å². The molecule has 0 radical (unpaired) electrons. The van der Waals surface area contributed by atoms with Gasteiger partial charge in [0, 0.05) is 70.4 Å². The van der Waals surface area contributed by atoms with Gasteiger partial charge in [0.15, 0.2) is 11.7 Å². The summed E-state index contributed by atoms with van der Waals surface area (Å²) in [5.74, 6) is 1.50. The Bertz CT molecular complexity index is 3540. The van der Waals surface area contributed by atoms with Crippen LogP contribution in [0.3, 0.4) is 0 Å². The smallest absolute Gasteiger partial charge is 0.284 e. The van der Waals surface area contributed by atoms with Crippen molar-refractivity contribution in [3.8, 4) is 23.0 Å². The molecule has 0 spiro atoms. The number of aromatic hydroxyl groups is 2. The quantitative estimate of drug-likeness (QED) is 0.0466. The minimum absolute atomic E-state index is 0.0424. The highest BCUT2D eigenvalue weighted by atomic mass is 32.2. The highest BCUT2D eigenvalue weighted by molar-refractivity contribution is 7.90. The van der Waals surface area contributed by atoms with Crippen molar-refractivity contribution in [2.75, 3.05) is 23.8 Å². The molecule has 0 fully saturated rings. The van der Waals surface area contributed by atoms with E-state index in [1.54, 1.807) is 60.7 Å². The Hall–Kier alpha value is -8.20. The first-order chi connectivity index (χ1) is 39.1. The molecule has 82 heavy (non-hydrogen) atoms. The zero-order valence-corrected chi connectivity index (χ0v) is 49.5. The molecular weight excluding hydrogens is 1060 g/mol. The number of hydrogen-bond donors (Lipinski definition) is 4. The number of ether oxygens (including phenoxy) is 2. The summed E-state index contributed by atoms with van der Waals surface area (Å²) in [6, 6.07) is 50.2. The van der Waals surface area contributed by atoms with Gasteiger partial charge in [0.1, 0.15) is 23.0 Å². The molecule has 0 unspecified atom stereocenters.